The monoisotopic (exact) mass is 686 g/mol. The number of unbranched alkanes of at least 4 members (excludes halogenated alkanes) is 10. The number of nitrogens with two attached hydrogens (primary N) is 2. The predicted octanol–water partition coefficient (Wildman–Crippen LogP) is 8.48. The van der Waals surface area contributed by atoms with E-state index >= 15 is 0 Å². The van der Waals surface area contributed by atoms with E-state index in [9.17, 15) is 19.2 Å². The van der Waals surface area contributed by atoms with Crippen molar-refractivity contribution in [2.24, 2.45) is 0 Å². The fourth-order valence-corrected chi connectivity index (χ4v) is 5.05. The van der Waals surface area contributed by atoms with Crippen molar-refractivity contribution < 1.29 is 38.1 Å². The summed E-state index contributed by atoms with van der Waals surface area (Å²) in [5, 5.41) is 0. The molecule has 50 heavy (non-hydrogen) atoms. The lowest BCUT2D eigenvalue weighted by Gasteiger charge is -2.07. The number of hydrogen-bond donors (Lipinski definition) is 2. The van der Waals surface area contributed by atoms with E-state index in [0.717, 1.165) is 82.6 Å². The second-order valence-electron chi connectivity index (χ2n) is 12.1. The maximum absolute atomic E-state index is 12.4. The highest BCUT2D eigenvalue weighted by molar-refractivity contribution is 5.92. The maximum atomic E-state index is 12.4. The van der Waals surface area contributed by atoms with Crippen molar-refractivity contribution in [2.45, 2.75) is 90.4 Å². The summed E-state index contributed by atoms with van der Waals surface area (Å²) in [4.78, 5) is 48.6. The number of hydrogen-bond acceptors (Lipinski definition) is 10. The van der Waals surface area contributed by atoms with Gasteiger partial charge in [-0.05, 0) is 85.5 Å². The lowest BCUT2D eigenvalue weighted by Crippen LogP contribution is -2.07. The Labute approximate surface area is 295 Å². The molecule has 0 aliphatic heterocycles. The molecule has 0 amide bonds. The molecule has 3 rings (SSSR count). The van der Waals surface area contributed by atoms with Gasteiger partial charge in [0.1, 0.15) is 11.5 Å². The third kappa shape index (κ3) is 15.9. The number of anilines is 2. The van der Waals surface area contributed by atoms with Gasteiger partial charge in [0.2, 0.25) is 0 Å². The smallest absolute Gasteiger partial charge is 0.338 e. The summed E-state index contributed by atoms with van der Waals surface area (Å²) in [7, 11) is 0. The third-order valence-corrected chi connectivity index (χ3v) is 7.78. The van der Waals surface area contributed by atoms with Gasteiger partial charge in [-0.25, -0.2) is 14.4 Å². The second kappa shape index (κ2) is 22.5. The van der Waals surface area contributed by atoms with Crippen LogP contribution in [0.4, 0.5) is 11.4 Å². The van der Waals surface area contributed by atoms with Crippen LogP contribution in [0.2, 0.25) is 0 Å². The Hall–Kier alpha value is -5.12. The third-order valence-electron chi connectivity index (χ3n) is 7.78. The molecule has 4 N–H and O–H groups in total. The molecule has 10 nitrogen and oxygen atoms in total. The lowest BCUT2D eigenvalue weighted by atomic mass is 10.1. The first-order valence-electron chi connectivity index (χ1n) is 17.5. The zero-order valence-corrected chi connectivity index (χ0v) is 29.0. The minimum Gasteiger partial charge on any atom is -0.462 e. The van der Waals surface area contributed by atoms with Crippen LogP contribution in [0.1, 0.15) is 117 Å². The van der Waals surface area contributed by atoms with Gasteiger partial charge in [-0.1, -0.05) is 76.8 Å². The molecule has 0 heterocycles. The van der Waals surface area contributed by atoms with Crippen LogP contribution < -0.4 is 20.9 Å². The number of benzene rings is 3. The first-order valence-corrected chi connectivity index (χ1v) is 17.5. The molecule has 0 aliphatic carbocycles. The second-order valence-corrected chi connectivity index (χ2v) is 12.1. The fourth-order valence-electron chi connectivity index (χ4n) is 5.05. The first kappa shape index (κ1) is 39.3. The van der Waals surface area contributed by atoms with Crippen molar-refractivity contribution >= 4 is 41.3 Å². The average Bonchev–Trinajstić information content (AvgIpc) is 3.10. The van der Waals surface area contributed by atoms with Crippen LogP contribution in [0.3, 0.4) is 0 Å². The van der Waals surface area contributed by atoms with Crippen LogP contribution in [0, 0.1) is 0 Å². The van der Waals surface area contributed by atoms with Crippen LogP contribution in [-0.4, -0.2) is 37.1 Å². The molecule has 0 aromatic heterocycles. The summed E-state index contributed by atoms with van der Waals surface area (Å²) < 4.78 is 21.3. The Bertz CT molecular complexity index is 1510. The van der Waals surface area contributed by atoms with Gasteiger partial charge in [0.05, 0.1) is 24.3 Å². The van der Waals surface area contributed by atoms with Gasteiger partial charge in [-0.15, -0.1) is 0 Å². The van der Waals surface area contributed by atoms with Crippen molar-refractivity contribution in [2.75, 3.05) is 24.7 Å². The van der Waals surface area contributed by atoms with Crippen LogP contribution in [0.15, 0.2) is 72.8 Å². The van der Waals surface area contributed by atoms with E-state index in [1.807, 2.05) is 0 Å². The van der Waals surface area contributed by atoms with Gasteiger partial charge in [0.25, 0.3) is 0 Å². The summed E-state index contributed by atoms with van der Waals surface area (Å²) in [6.45, 7) is 2.82. The van der Waals surface area contributed by atoms with Gasteiger partial charge in [0, 0.05) is 23.9 Å². The molecular formula is C40H50N2O8. The number of carbonyl (C=O) groups excluding carboxylic acids is 4. The summed E-state index contributed by atoms with van der Waals surface area (Å²) in [6.07, 6.45) is 15.3. The van der Waals surface area contributed by atoms with Gasteiger partial charge in [0.15, 0.2) is 0 Å². The minimum atomic E-state index is -0.560. The molecule has 0 radical (unpaired) electrons. The largest absolute Gasteiger partial charge is 0.462 e. The number of carbonyl (C=O) groups is 4. The fraction of sp³-hybridized carbons (Fsp3) is 0.400. The standard InChI is InChI=1S/C40H50N2O8/c1-2-3-11-14-37(43)49-35-20-22-36(23-21-35)50-38(44)24-17-30-15-18-31(19-16-30)39(45)47-25-12-9-7-5-4-6-8-10-13-26-48-40(46)32-27-33(41)29-34(42)28-32/h15-24,27-29H,2-14,25-26,41-42H2,1H3. The zero-order valence-electron chi connectivity index (χ0n) is 29.0. The van der Waals surface area contributed by atoms with Crippen molar-refractivity contribution in [1.29, 1.82) is 0 Å². The molecule has 268 valence electrons. The number of nitrogen functional groups attached to an aromatic ring is 2. The van der Waals surface area contributed by atoms with E-state index in [4.69, 9.17) is 30.4 Å². The minimum absolute atomic E-state index is 0.282. The van der Waals surface area contributed by atoms with Crippen molar-refractivity contribution in [3.63, 3.8) is 0 Å². The van der Waals surface area contributed by atoms with E-state index in [2.05, 4.69) is 6.92 Å². The van der Waals surface area contributed by atoms with E-state index in [1.165, 1.54) is 6.08 Å². The van der Waals surface area contributed by atoms with Gasteiger partial charge < -0.3 is 30.4 Å². The average molecular weight is 687 g/mol. The van der Waals surface area contributed by atoms with Crippen LogP contribution in [0.5, 0.6) is 11.5 Å². The molecule has 10 heteroatoms. The van der Waals surface area contributed by atoms with Crippen molar-refractivity contribution in [1.82, 2.24) is 0 Å². The molecule has 3 aromatic carbocycles. The predicted molar refractivity (Wildman–Crippen MR) is 195 cm³/mol. The highest BCUT2D eigenvalue weighted by Gasteiger charge is 2.10. The Balaban J connectivity index is 1.19. The van der Waals surface area contributed by atoms with Crippen LogP contribution in [-0.2, 0) is 19.1 Å². The normalized spacial score (nSPS) is 10.9. The lowest BCUT2D eigenvalue weighted by molar-refractivity contribution is -0.134. The highest BCUT2D eigenvalue weighted by atomic mass is 16.5. The Kier molecular flexibility index (Phi) is 17.7. The molecule has 0 saturated heterocycles. The van der Waals surface area contributed by atoms with Crippen molar-refractivity contribution in [3.8, 4) is 11.5 Å². The summed E-state index contributed by atoms with van der Waals surface area (Å²) >= 11 is 0. The Morgan fingerprint density at radius 1 is 0.580 bits per heavy atom. The number of rotatable bonds is 22. The Morgan fingerprint density at radius 3 is 1.62 bits per heavy atom. The first-order chi connectivity index (χ1) is 24.2. The van der Waals surface area contributed by atoms with E-state index < -0.39 is 11.9 Å². The SMILES string of the molecule is CCCCCC(=O)Oc1ccc(OC(=O)C=Cc2ccc(C(=O)OCCCCCCCCCCCOC(=O)c3cc(N)cc(N)c3)cc2)cc1. The topological polar surface area (TPSA) is 157 Å². The van der Waals surface area contributed by atoms with Gasteiger partial charge in [-0.2, -0.15) is 0 Å². The van der Waals surface area contributed by atoms with E-state index in [1.54, 1.807) is 72.8 Å². The highest BCUT2D eigenvalue weighted by Crippen LogP contribution is 2.19. The molecular weight excluding hydrogens is 636 g/mol. The van der Waals surface area contributed by atoms with Gasteiger partial charge >= 0.3 is 23.9 Å². The summed E-state index contributed by atoms with van der Waals surface area (Å²) in [5.74, 6) is -0.894. The molecule has 3 aromatic rings. The van der Waals surface area contributed by atoms with E-state index in [-0.39, 0.29) is 11.9 Å². The molecule has 0 aliphatic rings. The molecule has 0 fully saturated rings. The molecule has 0 saturated carbocycles. The molecule has 0 bridgehead atoms. The van der Waals surface area contributed by atoms with Crippen molar-refractivity contribution in [3.05, 3.63) is 89.5 Å². The number of ether oxygens (including phenoxy) is 4. The van der Waals surface area contributed by atoms with E-state index in [0.29, 0.717) is 53.6 Å². The summed E-state index contributed by atoms with van der Waals surface area (Å²) in [6, 6.07) is 17.8. The molecule has 0 atom stereocenters. The van der Waals surface area contributed by atoms with Crippen LogP contribution >= 0.6 is 0 Å². The molecule has 0 spiro atoms. The zero-order chi connectivity index (χ0) is 36.0. The Morgan fingerprint density at radius 2 is 1.08 bits per heavy atom. The molecule has 0 unspecified atom stereocenters. The number of esters is 4. The summed E-state index contributed by atoms with van der Waals surface area (Å²) in [5.41, 5.74) is 13.9. The van der Waals surface area contributed by atoms with Gasteiger partial charge in [-0.3, -0.25) is 4.79 Å². The maximum Gasteiger partial charge on any atom is 0.338 e. The quantitative estimate of drug-likeness (QED) is 0.0345. The van der Waals surface area contributed by atoms with Crippen LogP contribution in [0.25, 0.3) is 6.08 Å².